The van der Waals surface area contributed by atoms with Crippen molar-refractivity contribution in [2.75, 3.05) is 0 Å². The van der Waals surface area contributed by atoms with E-state index in [1.165, 1.54) is 12.8 Å². The number of nitrogens with two attached hydrogens (primary N) is 1. The average Bonchev–Trinajstić information content (AvgIpc) is 2.69. The van der Waals surface area contributed by atoms with Crippen LogP contribution in [0, 0.1) is 6.92 Å². The van der Waals surface area contributed by atoms with Gasteiger partial charge in [0.15, 0.2) is 0 Å². The smallest absolute Gasteiger partial charge is 0.255 e. The second-order valence-electron chi connectivity index (χ2n) is 4.20. The highest BCUT2D eigenvalue weighted by molar-refractivity contribution is 5.17. The van der Waals surface area contributed by atoms with E-state index in [4.69, 9.17) is 5.73 Å². The van der Waals surface area contributed by atoms with Crippen molar-refractivity contribution in [3.8, 4) is 0 Å². The molecule has 1 aromatic heterocycles. The fourth-order valence-corrected chi connectivity index (χ4v) is 2.27. The van der Waals surface area contributed by atoms with Crippen molar-refractivity contribution < 1.29 is 0 Å². The number of aromatic nitrogens is 2. The molecule has 1 saturated carbocycles. The summed E-state index contributed by atoms with van der Waals surface area (Å²) in [7, 11) is 0. The fourth-order valence-electron chi connectivity index (χ4n) is 2.27. The van der Waals surface area contributed by atoms with Gasteiger partial charge in [0.05, 0.1) is 5.56 Å². The van der Waals surface area contributed by atoms with Gasteiger partial charge in [-0.15, -0.1) is 0 Å². The molecule has 0 unspecified atom stereocenters. The Labute approximate surface area is 88.9 Å². The van der Waals surface area contributed by atoms with Crippen LogP contribution in [-0.4, -0.2) is 9.97 Å². The summed E-state index contributed by atoms with van der Waals surface area (Å²) in [5.41, 5.74) is 6.82. The molecule has 3 N–H and O–H groups in total. The van der Waals surface area contributed by atoms with Gasteiger partial charge in [-0.25, -0.2) is 4.98 Å². The largest absolute Gasteiger partial charge is 0.326 e. The molecule has 4 heteroatoms. The molecule has 0 amide bonds. The van der Waals surface area contributed by atoms with Gasteiger partial charge in [-0.05, 0) is 19.8 Å². The predicted octanol–water partition coefficient (Wildman–Crippen LogP) is 1.19. The number of H-pyrrole nitrogens is 1. The third-order valence-corrected chi connectivity index (χ3v) is 3.19. The fraction of sp³-hybridized carbons (Fsp3) is 0.636. The van der Waals surface area contributed by atoms with E-state index in [2.05, 4.69) is 9.97 Å². The summed E-state index contributed by atoms with van der Waals surface area (Å²) in [6.07, 6.45) is 4.77. The minimum atomic E-state index is -0.0631. The zero-order valence-corrected chi connectivity index (χ0v) is 9.05. The summed E-state index contributed by atoms with van der Waals surface area (Å²) in [5.74, 6) is 1.30. The van der Waals surface area contributed by atoms with Gasteiger partial charge >= 0.3 is 0 Å². The maximum absolute atomic E-state index is 11.7. The lowest BCUT2D eigenvalue weighted by molar-refractivity contribution is 0.655. The molecule has 82 valence electrons. The predicted molar refractivity (Wildman–Crippen MR) is 58.7 cm³/mol. The quantitative estimate of drug-likeness (QED) is 0.765. The van der Waals surface area contributed by atoms with Crippen LogP contribution in [0.25, 0.3) is 0 Å². The van der Waals surface area contributed by atoms with Crippen LogP contribution >= 0.6 is 0 Å². The van der Waals surface area contributed by atoms with Crippen molar-refractivity contribution in [3.63, 3.8) is 0 Å². The monoisotopic (exact) mass is 207 g/mol. The minimum absolute atomic E-state index is 0.0631. The normalized spacial score (nSPS) is 17.2. The van der Waals surface area contributed by atoms with Crippen LogP contribution in [0.4, 0.5) is 0 Å². The number of aryl methyl sites for hydroxylation is 1. The van der Waals surface area contributed by atoms with Crippen LogP contribution < -0.4 is 11.3 Å². The number of hydrogen-bond acceptors (Lipinski definition) is 3. The summed E-state index contributed by atoms with van der Waals surface area (Å²) in [4.78, 5) is 19.0. The number of nitrogens with one attached hydrogen (secondary N) is 1. The van der Waals surface area contributed by atoms with Gasteiger partial charge in [0.2, 0.25) is 0 Å². The molecule has 0 radical (unpaired) electrons. The molecule has 15 heavy (non-hydrogen) atoms. The van der Waals surface area contributed by atoms with Gasteiger partial charge < -0.3 is 10.7 Å². The summed E-state index contributed by atoms with van der Waals surface area (Å²) < 4.78 is 0. The molecular weight excluding hydrogens is 190 g/mol. The van der Waals surface area contributed by atoms with Gasteiger partial charge in [0.1, 0.15) is 5.82 Å². The minimum Gasteiger partial charge on any atom is -0.326 e. The Kier molecular flexibility index (Phi) is 2.86. The van der Waals surface area contributed by atoms with Crippen molar-refractivity contribution in [1.29, 1.82) is 0 Å². The van der Waals surface area contributed by atoms with Crippen molar-refractivity contribution in [3.05, 3.63) is 27.4 Å². The lowest BCUT2D eigenvalue weighted by Gasteiger charge is -2.10. The Morgan fingerprint density at radius 1 is 1.47 bits per heavy atom. The van der Waals surface area contributed by atoms with Crippen LogP contribution in [0.1, 0.15) is 48.7 Å². The van der Waals surface area contributed by atoms with Crippen LogP contribution in [0.15, 0.2) is 4.79 Å². The molecule has 0 aromatic carbocycles. The number of aromatic amines is 1. The first-order valence-electron chi connectivity index (χ1n) is 5.52. The topological polar surface area (TPSA) is 71.8 Å². The lowest BCUT2D eigenvalue weighted by atomic mass is 10.1. The first-order valence-corrected chi connectivity index (χ1v) is 5.52. The molecule has 1 aliphatic rings. The SMILES string of the molecule is Cc1nc(C2CCCC2)[nH]c(=O)c1CN. The first-order chi connectivity index (χ1) is 7.22. The number of rotatable bonds is 2. The molecular formula is C11H17N3O. The van der Waals surface area contributed by atoms with Crippen LogP contribution in [0.5, 0.6) is 0 Å². The van der Waals surface area contributed by atoms with Crippen LogP contribution in [0.3, 0.4) is 0 Å². The highest BCUT2D eigenvalue weighted by Crippen LogP contribution is 2.31. The molecule has 1 fully saturated rings. The number of hydrogen-bond donors (Lipinski definition) is 2. The molecule has 2 rings (SSSR count). The van der Waals surface area contributed by atoms with E-state index in [-0.39, 0.29) is 12.1 Å². The second-order valence-corrected chi connectivity index (χ2v) is 4.20. The molecule has 0 spiro atoms. The maximum atomic E-state index is 11.7. The summed E-state index contributed by atoms with van der Waals surface area (Å²) >= 11 is 0. The molecule has 4 nitrogen and oxygen atoms in total. The van der Waals surface area contributed by atoms with Crippen LogP contribution in [0.2, 0.25) is 0 Å². The van der Waals surface area contributed by atoms with Gasteiger partial charge in [-0.1, -0.05) is 12.8 Å². The molecule has 1 heterocycles. The Balaban J connectivity index is 2.38. The average molecular weight is 207 g/mol. The Bertz CT molecular complexity index is 405. The Morgan fingerprint density at radius 2 is 2.13 bits per heavy atom. The Morgan fingerprint density at radius 3 is 2.67 bits per heavy atom. The molecule has 0 atom stereocenters. The third kappa shape index (κ3) is 1.95. The first kappa shape index (κ1) is 10.4. The summed E-state index contributed by atoms with van der Waals surface area (Å²) in [6.45, 7) is 2.12. The van der Waals surface area contributed by atoms with Gasteiger partial charge in [-0.3, -0.25) is 4.79 Å². The Hall–Kier alpha value is -1.16. The van der Waals surface area contributed by atoms with E-state index in [1.807, 2.05) is 6.92 Å². The van der Waals surface area contributed by atoms with Gasteiger partial charge in [0.25, 0.3) is 5.56 Å². The van der Waals surface area contributed by atoms with E-state index in [1.54, 1.807) is 0 Å². The molecule has 0 aliphatic heterocycles. The molecule has 1 aliphatic carbocycles. The highest BCUT2D eigenvalue weighted by Gasteiger charge is 2.20. The van der Waals surface area contributed by atoms with Crippen molar-refractivity contribution >= 4 is 0 Å². The van der Waals surface area contributed by atoms with E-state index >= 15 is 0 Å². The third-order valence-electron chi connectivity index (χ3n) is 3.19. The maximum Gasteiger partial charge on any atom is 0.255 e. The van der Waals surface area contributed by atoms with E-state index in [0.717, 1.165) is 24.4 Å². The zero-order chi connectivity index (χ0) is 10.8. The lowest BCUT2D eigenvalue weighted by Crippen LogP contribution is -2.22. The van der Waals surface area contributed by atoms with E-state index in [9.17, 15) is 4.79 Å². The summed E-state index contributed by atoms with van der Waals surface area (Å²) in [6, 6.07) is 0. The summed E-state index contributed by atoms with van der Waals surface area (Å²) in [5, 5.41) is 0. The standard InChI is InChI=1S/C11H17N3O/c1-7-9(6-12)11(15)14-10(13-7)8-4-2-3-5-8/h8H,2-6,12H2,1H3,(H,13,14,15). The van der Waals surface area contributed by atoms with Gasteiger partial charge in [-0.2, -0.15) is 0 Å². The number of nitrogens with zero attached hydrogens (tertiary/aromatic N) is 1. The molecule has 0 saturated heterocycles. The van der Waals surface area contributed by atoms with E-state index in [0.29, 0.717) is 11.5 Å². The highest BCUT2D eigenvalue weighted by atomic mass is 16.1. The van der Waals surface area contributed by atoms with Gasteiger partial charge in [0, 0.05) is 18.2 Å². The van der Waals surface area contributed by atoms with Crippen molar-refractivity contribution in [2.24, 2.45) is 5.73 Å². The van der Waals surface area contributed by atoms with Crippen molar-refractivity contribution in [1.82, 2.24) is 9.97 Å². The molecule has 0 bridgehead atoms. The molecule has 1 aromatic rings. The van der Waals surface area contributed by atoms with E-state index < -0.39 is 0 Å². The van der Waals surface area contributed by atoms with Crippen molar-refractivity contribution in [2.45, 2.75) is 45.1 Å². The zero-order valence-electron chi connectivity index (χ0n) is 9.05. The second kappa shape index (κ2) is 4.14. The van der Waals surface area contributed by atoms with Crippen LogP contribution in [-0.2, 0) is 6.54 Å².